The van der Waals surface area contributed by atoms with Gasteiger partial charge in [-0.3, -0.25) is 4.90 Å². The van der Waals surface area contributed by atoms with Gasteiger partial charge in [-0.15, -0.1) is 0 Å². The molecular formula is C20H28IN3O3. The molecule has 0 spiro atoms. The van der Waals surface area contributed by atoms with Crippen LogP contribution >= 0.6 is 22.6 Å². The van der Waals surface area contributed by atoms with Gasteiger partial charge in [0.15, 0.2) is 0 Å². The molecular weight excluding hydrogens is 457 g/mol. The van der Waals surface area contributed by atoms with Crippen LogP contribution in [-0.2, 0) is 6.54 Å². The Balaban J connectivity index is 2.01. The van der Waals surface area contributed by atoms with Gasteiger partial charge in [0.25, 0.3) is 0 Å². The number of aromatic hydroxyl groups is 1. The summed E-state index contributed by atoms with van der Waals surface area (Å²) in [5, 5.41) is 21.2. The number of rotatable bonds is 6. The standard InChI is InChI=1S/C20H28IN3O3/c1-3-24(4-2)17-7-10-23(11-8-17)14-16-12-15(13-18(21)19(16)25)6-5-9-22-20(26)27/h12-13,17,22,25H,3-4,7-11,14H2,1-2H3,(H,26,27). The SMILES string of the molecule is CCN(CC)C1CCN(Cc2cc(C#CCNC(=O)O)cc(I)c2O)CC1. The zero-order valence-electron chi connectivity index (χ0n) is 16.0. The van der Waals surface area contributed by atoms with Crippen LogP contribution in [0.4, 0.5) is 4.79 Å². The van der Waals surface area contributed by atoms with Gasteiger partial charge in [0, 0.05) is 23.7 Å². The van der Waals surface area contributed by atoms with Gasteiger partial charge in [-0.1, -0.05) is 25.7 Å². The normalized spacial score (nSPS) is 15.4. The lowest BCUT2D eigenvalue weighted by Gasteiger charge is -2.37. The lowest BCUT2D eigenvalue weighted by Crippen LogP contribution is -2.44. The van der Waals surface area contributed by atoms with E-state index in [1.807, 2.05) is 12.1 Å². The first-order valence-corrected chi connectivity index (χ1v) is 10.5. The predicted molar refractivity (Wildman–Crippen MR) is 115 cm³/mol. The van der Waals surface area contributed by atoms with E-state index in [-0.39, 0.29) is 6.54 Å². The maximum Gasteiger partial charge on any atom is 0.405 e. The van der Waals surface area contributed by atoms with Crippen LogP contribution in [0.2, 0.25) is 0 Å². The van der Waals surface area contributed by atoms with Crippen molar-refractivity contribution in [2.24, 2.45) is 0 Å². The van der Waals surface area contributed by atoms with Crippen LogP contribution in [0.5, 0.6) is 5.75 Å². The number of hydrogen-bond acceptors (Lipinski definition) is 4. The van der Waals surface area contributed by atoms with Crippen molar-refractivity contribution in [2.75, 3.05) is 32.7 Å². The molecule has 1 aromatic rings. The highest BCUT2D eigenvalue weighted by molar-refractivity contribution is 14.1. The molecule has 0 radical (unpaired) electrons. The number of nitrogens with zero attached hydrogens (tertiary/aromatic N) is 2. The van der Waals surface area contributed by atoms with E-state index in [1.54, 1.807) is 0 Å². The third-order valence-corrected chi connectivity index (χ3v) is 5.81. The third kappa shape index (κ3) is 6.55. The largest absolute Gasteiger partial charge is 0.507 e. The molecule has 7 heteroatoms. The second-order valence-electron chi connectivity index (χ2n) is 6.65. The summed E-state index contributed by atoms with van der Waals surface area (Å²) in [4.78, 5) is 15.4. The summed E-state index contributed by atoms with van der Waals surface area (Å²) in [5.74, 6) is 6.08. The first kappa shape index (κ1) is 21.8. The number of phenolic OH excluding ortho intramolecular Hbond substituents is 1. The number of phenols is 1. The first-order chi connectivity index (χ1) is 12.9. The molecule has 0 unspecified atom stereocenters. The topological polar surface area (TPSA) is 76.0 Å². The number of nitrogens with one attached hydrogen (secondary N) is 1. The molecule has 0 atom stereocenters. The second-order valence-corrected chi connectivity index (χ2v) is 7.82. The monoisotopic (exact) mass is 485 g/mol. The van der Waals surface area contributed by atoms with Gasteiger partial charge in [-0.25, -0.2) is 4.79 Å². The fourth-order valence-electron chi connectivity index (χ4n) is 3.54. The molecule has 1 aromatic carbocycles. The van der Waals surface area contributed by atoms with E-state index in [0.29, 0.717) is 18.3 Å². The van der Waals surface area contributed by atoms with Crippen LogP contribution in [-0.4, -0.2) is 64.9 Å². The van der Waals surface area contributed by atoms with E-state index < -0.39 is 6.09 Å². The van der Waals surface area contributed by atoms with Crippen molar-refractivity contribution in [3.63, 3.8) is 0 Å². The Kier molecular flexibility index (Phi) is 8.67. The molecule has 1 fully saturated rings. The van der Waals surface area contributed by atoms with E-state index >= 15 is 0 Å². The molecule has 1 heterocycles. The number of likely N-dealkylation sites (tertiary alicyclic amines) is 1. The van der Waals surface area contributed by atoms with Crippen molar-refractivity contribution >= 4 is 28.7 Å². The molecule has 1 saturated heterocycles. The smallest absolute Gasteiger partial charge is 0.405 e. The van der Waals surface area contributed by atoms with Crippen LogP contribution in [0.25, 0.3) is 0 Å². The molecule has 0 bridgehead atoms. The molecule has 1 amide bonds. The van der Waals surface area contributed by atoms with Crippen LogP contribution < -0.4 is 5.32 Å². The number of amides is 1. The Bertz CT molecular complexity index is 702. The highest BCUT2D eigenvalue weighted by Gasteiger charge is 2.23. The highest BCUT2D eigenvalue weighted by atomic mass is 127. The molecule has 0 aromatic heterocycles. The summed E-state index contributed by atoms with van der Waals surface area (Å²) >= 11 is 2.11. The Morgan fingerprint density at radius 3 is 2.59 bits per heavy atom. The molecule has 3 N–H and O–H groups in total. The average Bonchev–Trinajstić information content (AvgIpc) is 2.65. The van der Waals surface area contributed by atoms with Gasteiger partial charge < -0.3 is 20.4 Å². The summed E-state index contributed by atoms with van der Waals surface area (Å²) in [5.41, 5.74) is 1.66. The molecule has 1 aliphatic rings. The lowest BCUT2D eigenvalue weighted by molar-refractivity contribution is 0.112. The lowest BCUT2D eigenvalue weighted by atomic mass is 10.0. The predicted octanol–water partition coefficient (Wildman–Crippen LogP) is 2.92. The third-order valence-electron chi connectivity index (χ3n) is 4.98. The van der Waals surface area contributed by atoms with Gasteiger partial charge in [0.2, 0.25) is 0 Å². The number of hydrogen-bond donors (Lipinski definition) is 3. The quantitative estimate of drug-likeness (QED) is 0.427. The van der Waals surface area contributed by atoms with Gasteiger partial charge >= 0.3 is 6.09 Å². The minimum Gasteiger partial charge on any atom is -0.507 e. The van der Waals surface area contributed by atoms with Crippen LogP contribution in [0.15, 0.2) is 12.1 Å². The van der Waals surface area contributed by atoms with E-state index in [1.165, 1.54) is 0 Å². The van der Waals surface area contributed by atoms with E-state index in [9.17, 15) is 9.90 Å². The molecule has 0 aliphatic carbocycles. The van der Waals surface area contributed by atoms with E-state index in [0.717, 1.165) is 53.7 Å². The summed E-state index contributed by atoms with van der Waals surface area (Å²) in [6.07, 6.45) is 1.22. The molecule has 1 aliphatic heterocycles. The number of benzene rings is 1. The summed E-state index contributed by atoms with van der Waals surface area (Å²) in [6, 6.07) is 4.38. The van der Waals surface area contributed by atoms with Gasteiger partial charge in [-0.2, -0.15) is 0 Å². The minimum absolute atomic E-state index is 0.0843. The van der Waals surface area contributed by atoms with Crippen molar-refractivity contribution in [3.8, 4) is 17.6 Å². The van der Waals surface area contributed by atoms with Crippen molar-refractivity contribution in [3.05, 3.63) is 26.8 Å². The molecule has 6 nitrogen and oxygen atoms in total. The van der Waals surface area contributed by atoms with Crippen molar-refractivity contribution in [2.45, 2.75) is 39.3 Å². The minimum atomic E-state index is -1.08. The number of carbonyl (C=O) groups is 1. The van der Waals surface area contributed by atoms with Crippen molar-refractivity contribution in [1.29, 1.82) is 0 Å². The number of piperidine rings is 1. The van der Waals surface area contributed by atoms with Crippen LogP contribution in [0, 0.1) is 15.4 Å². The molecule has 27 heavy (non-hydrogen) atoms. The van der Waals surface area contributed by atoms with Gasteiger partial charge in [-0.05, 0) is 73.7 Å². The van der Waals surface area contributed by atoms with Crippen LogP contribution in [0.3, 0.4) is 0 Å². The van der Waals surface area contributed by atoms with Gasteiger partial charge in [0.1, 0.15) is 5.75 Å². The van der Waals surface area contributed by atoms with Crippen LogP contribution in [0.1, 0.15) is 37.8 Å². The maximum absolute atomic E-state index is 10.5. The molecule has 2 rings (SSSR count). The average molecular weight is 485 g/mol. The fourth-order valence-corrected chi connectivity index (χ4v) is 4.22. The van der Waals surface area contributed by atoms with E-state index in [2.05, 4.69) is 63.4 Å². The summed E-state index contributed by atoms with van der Waals surface area (Å²) in [7, 11) is 0. The maximum atomic E-state index is 10.5. The zero-order valence-corrected chi connectivity index (χ0v) is 18.1. The highest BCUT2D eigenvalue weighted by Crippen LogP contribution is 2.28. The molecule has 0 saturated carbocycles. The Morgan fingerprint density at radius 2 is 2.00 bits per heavy atom. The second kappa shape index (κ2) is 10.7. The first-order valence-electron chi connectivity index (χ1n) is 9.38. The van der Waals surface area contributed by atoms with Crippen molar-refractivity contribution in [1.82, 2.24) is 15.1 Å². The fraction of sp³-hybridized carbons (Fsp3) is 0.550. The zero-order chi connectivity index (χ0) is 19.8. The Morgan fingerprint density at radius 1 is 1.33 bits per heavy atom. The molecule has 148 valence electrons. The van der Waals surface area contributed by atoms with Crippen molar-refractivity contribution < 1.29 is 15.0 Å². The Hall–Kier alpha value is -1.50. The summed E-state index contributed by atoms with van der Waals surface area (Å²) in [6.45, 7) is 9.46. The Labute approximate surface area is 175 Å². The van der Waals surface area contributed by atoms with E-state index in [4.69, 9.17) is 5.11 Å². The number of halogens is 1. The summed E-state index contributed by atoms with van der Waals surface area (Å²) < 4.78 is 0.763. The number of carboxylic acid groups (broad SMARTS) is 1. The van der Waals surface area contributed by atoms with Gasteiger partial charge in [0.05, 0.1) is 10.1 Å².